The van der Waals surface area contributed by atoms with Crippen LogP contribution in [0.5, 0.6) is 0 Å². The molecule has 0 saturated carbocycles. The van der Waals surface area contributed by atoms with Crippen LogP contribution in [-0.2, 0) is 14.3 Å². The van der Waals surface area contributed by atoms with Crippen LogP contribution < -0.4 is 15.9 Å². The van der Waals surface area contributed by atoms with Crippen molar-refractivity contribution in [3.8, 4) is 0 Å². The van der Waals surface area contributed by atoms with Crippen molar-refractivity contribution in [3.05, 3.63) is 121 Å². The molecule has 5 heteroatoms. The summed E-state index contributed by atoms with van der Waals surface area (Å²) in [7, 11) is -5.49. The molecule has 0 unspecified atom stereocenters. The van der Waals surface area contributed by atoms with Crippen molar-refractivity contribution >= 4 is 33.3 Å². The fourth-order valence-corrected chi connectivity index (χ4v) is 11.8. The van der Waals surface area contributed by atoms with Crippen LogP contribution in [0.4, 0.5) is 0 Å². The molecule has 0 aliphatic rings. The molecule has 238 valence electrons. The molecule has 0 aliphatic carbocycles. The van der Waals surface area contributed by atoms with Crippen LogP contribution in [0.25, 0.3) is 0 Å². The quantitative estimate of drug-likeness (QED) is 0.0624. The van der Waals surface area contributed by atoms with Gasteiger partial charge in [0.05, 0.1) is 11.5 Å². The molecule has 0 saturated heterocycles. The first kappa shape index (κ1) is 35.7. The molecule has 0 spiro atoms. The Balaban J connectivity index is 0.000000240. The van der Waals surface area contributed by atoms with Crippen molar-refractivity contribution in [1.29, 1.82) is 0 Å². The average Bonchev–Trinajstić information content (AvgIpc) is 3.08. The molecule has 0 bridgehead atoms. The zero-order valence-corrected chi connectivity index (χ0v) is 28.7. The Bertz CT molecular complexity index is 1280. The van der Waals surface area contributed by atoms with Gasteiger partial charge < -0.3 is 0 Å². The molecule has 44 heavy (non-hydrogen) atoms. The predicted octanol–water partition coefficient (Wildman–Crippen LogP) is 9.44. The van der Waals surface area contributed by atoms with Gasteiger partial charge in [0.1, 0.15) is 0 Å². The van der Waals surface area contributed by atoms with Gasteiger partial charge in [-0.2, -0.15) is 8.42 Å². The Morgan fingerprint density at radius 1 is 0.477 bits per heavy atom. The normalized spacial score (nSPS) is 11.9. The van der Waals surface area contributed by atoms with Crippen LogP contribution in [-0.4, -0.2) is 21.2 Å². The van der Waals surface area contributed by atoms with Crippen LogP contribution >= 0.6 is 7.26 Å². The molecule has 4 aromatic rings. The maximum atomic E-state index is 11.9. The van der Waals surface area contributed by atoms with Crippen molar-refractivity contribution < 1.29 is 12.6 Å². The van der Waals surface area contributed by atoms with Crippen LogP contribution in [0.15, 0.2) is 126 Å². The summed E-state index contributed by atoms with van der Waals surface area (Å²) in [5.74, 6) is 0. The summed E-state index contributed by atoms with van der Waals surface area (Å²) in [5.41, 5.74) is 0. The Morgan fingerprint density at radius 3 is 1.23 bits per heavy atom. The molecule has 4 rings (SSSR count). The van der Waals surface area contributed by atoms with Gasteiger partial charge >= 0.3 is 134 Å². The average molecular weight is 633 g/mol. The number of hydrogen-bond acceptors (Lipinski definition) is 3. The van der Waals surface area contributed by atoms with Crippen LogP contribution in [0, 0.1) is 0 Å². The van der Waals surface area contributed by atoms with E-state index in [1.54, 1.807) is 30.3 Å². The maximum absolute atomic E-state index is 11.9. The van der Waals surface area contributed by atoms with Gasteiger partial charge in [0, 0.05) is 0 Å². The standard InChI is InChI=1S/C21H23P.C18H30O3S/c1-2-18-22(19-12-6-3-7-13-19,20-14-8-4-9-15-20)21-16-10-5-11-17-21;1-2-3-4-5-6-7-8-9-10-14-17-21-22(19,20)18-15-12-11-13-16-18/h3-17,22H,2,18H2,1H3;11-13,15-16H,2-10,14,17H2,1H3. The van der Waals surface area contributed by atoms with Crippen molar-refractivity contribution in [2.75, 3.05) is 12.8 Å². The number of benzene rings is 4. The number of hydrogen-bond donors (Lipinski definition) is 0. The summed E-state index contributed by atoms with van der Waals surface area (Å²) in [6.07, 6.45) is 14.7. The van der Waals surface area contributed by atoms with E-state index in [-0.39, 0.29) is 11.5 Å². The van der Waals surface area contributed by atoms with Crippen molar-refractivity contribution in [3.63, 3.8) is 0 Å². The molecule has 0 aliphatic heterocycles. The number of unbranched alkanes of at least 4 members (excludes halogenated alkanes) is 9. The van der Waals surface area contributed by atoms with Crippen molar-refractivity contribution in [2.45, 2.75) is 89.4 Å². The first-order valence-electron chi connectivity index (χ1n) is 16.7. The third-order valence-corrected chi connectivity index (χ3v) is 14.7. The van der Waals surface area contributed by atoms with E-state index in [0.29, 0.717) is 0 Å². The van der Waals surface area contributed by atoms with Crippen LogP contribution in [0.3, 0.4) is 0 Å². The molecule has 0 amide bonds. The van der Waals surface area contributed by atoms with Crippen LogP contribution in [0.2, 0.25) is 0 Å². The van der Waals surface area contributed by atoms with Gasteiger partial charge in [-0.3, -0.25) is 4.18 Å². The van der Waals surface area contributed by atoms with E-state index < -0.39 is 17.4 Å². The van der Waals surface area contributed by atoms with Gasteiger partial charge in [-0.05, 0) is 18.6 Å². The van der Waals surface area contributed by atoms with E-state index in [0.717, 1.165) is 12.8 Å². The molecule has 4 aromatic carbocycles. The molecule has 3 nitrogen and oxygen atoms in total. The Kier molecular flexibility index (Phi) is 16.5. The van der Waals surface area contributed by atoms with Gasteiger partial charge in [-0.15, -0.1) is 0 Å². The van der Waals surface area contributed by atoms with E-state index in [2.05, 4.69) is 105 Å². The monoisotopic (exact) mass is 632 g/mol. The van der Waals surface area contributed by atoms with Gasteiger partial charge in [-0.25, -0.2) is 0 Å². The minimum absolute atomic E-state index is 0.238. The molecule has 0 radical (unpaired) electrons. The molecule has 0 atom stereocenters. The zero-order chi connectivity index (χ0) is 31.4. The van der Waals surface area contributed by atoms with E-state index in [4.69, 9.17) is 4.18 Å². The summed E-state index contributed by atoms with van der Waals surface area (Å²) in [6.45, 7) is 4.82. The summed E-state index contributed by atoms with van der Waals surface area (Å²) in [6, 6.07) is 41.7. The van der Waals surface area contributed by atoms with Gasteiger partial charge in [0.15, 0.2) is 0 Å². The third-order valence-electron chi connectivity index (χ3n) is 8.19. The van der Waals surface area contributed by atoms with Gasteiger partial charge in [0.25, 0.3) is 10.1 Å². The van der Waals surface area contributed by atoms with E-state index in [1.165, 1.54) is 79.9 Å². The third kappa shape index (κ3) is 11.3. The van der Waals surface area contributed by atoms with Gasteiger partial charge in [0.2, 0.25) is 0 Å². The van der Waals surface area contributed by atoms with Crippen molar-refractivity contribution in [2.24, 2.45) is 0 Å². The fraction of sp³-hybridized carbons (Fsp3) is 0.385. The summed E-state index contributed by atoms with van der Waals surface area (Å²) in [4.78, 5) is 0.238. The SMILES string of the molecule is CCCCCCCCCCCCOS(=O)(=O)c1ccccc1.CCC[PH](c1ccccc1)(c1ccccc1)c1ccccc1. The second-order valence-electron chi connectivity index (χ2n) is 11.5. The molecular formula is C39H53O3PS. The first-order chi connectivity index (χ1) is 21.5. The van der Waals surface area contributed by atoms with Gasteiger partial charge in [-0.1, -0.05) is 82.9 Å². The molecule has 0 N–H and O–H groups in total. The second-order valence-corrected chi connectivity index (χ2v) is 17.2. The molecule has 0 fully saturated rings. The second kappa shape index (κ2) is 20.3. The molecular weight excluding hydrogens is 579 g/mol. The predicted molar refractivity (Wildman–Crippen MR) is 193 cm³/mol. The van der Waals surface area contributed by atoms with E-state index >= 15 is 0 Å². The topological polar surface area (TPSA) is 43.4 Å². The summed E-state index contributed by atoms with van der Waals surface area (Å²) in [5, 5.41) is 4.53. The fourth-order valence-electron chi connectivity index (χ4n) is 5.89. The zero-order valence-electron chi connectivity index (χ0n) is 26.9. The molecule has 0 heterocycles. The van der Waals surface area contributed by atoms with E-state index in [9.17, 15) is 8.42 Å². The Morgan fingerprint density at radius 2 is 0.841 bits per heavy atom. The van der Waals surface area contributed by atoms with E-state index in [1.807, 2.05) is 0 Å². The summed E-state index contributed by atoms with van der Waals surface area (Å²) >= 11 is 0. The summed E-state index contributed by atoms with van der Waals surface area (Å²) < 4.78 is 28.8. The Hall–Kier alpha value is -2.78. The first-order valence-corrected chi connectivity index (χ1v) is 20.3. The minimum atomic E-state index is -3.57. The van der Waals surface area contributed by atoms with Crippen molar-refractivity contribution in [1.82, 2.24) is 0 Å². The van der Waals surface area contributed by atoms with Crippen LogP contribution in [0.1, 0.15) is 84.5 Å². The number of rotatable bonds is 18. The molecule has 0 aromatic heterocycles. The Labute approximate surface area is 268 Å².